The quantitative estimate of drug-likeness (QED) is 0.402. The molecule has 0 aromatic carbocycles. The van der Waals surface area contributed by atoms with Gasteiger partial charge in [0.2, 0.25) is 11.8 Å². The van der Waals surface area contributed by atoms with Crippen LogP contribution in [0.3, 0.4) is 0 Å². The van der Waals surface area contributed by atoms with E-state index in [1.54, 1.807) is 13.2 Å². The number of primary amides is 1. The van der Waals surface area contributed by atoms with E-state index in [1.165, 1.54) is 0 Å². The first kappa shape index (κ1) is 16.6. The molecule has 2 amide bonds. The zero-order valence-corrected chi connectivity index (χ0v) is 10.8. The second-order valence-corrected chi connectivity index (χ2v) is 3.79. The lowest BCUT2D eigenvalue weighted by atomic mass is 10.1. The van der Waals surface area contributed by atoms with Gasteiger partial charge in [-0.15, -0.1) is 6.58 Å². The Morgan fingerprint density at radius 2 is 2.17 bits per heavy atom. The zero-order valence-electron chi connectivity index (χ0n) is 10.8. The number of hydrogen-bond acceptors (Lipinski definition) is 4. The lowest BCUT2D eigenvalue weighted by Crippen LogP contribution is -2.45. The predicted molar refractivity (Wildman–Crippen MR) is 67.9 cm³/mol. The van der Waals surface area contributed by atoms with Gasteiger partial charge < -0.3 is 20.5 Å². The largest absolute Gasteiger partial charge is 0.382 e. The summed E-state index contributed by atoms with van der Waals surface area (Å²) in [7, 11) is 1.55. The number of allylic oxidation sites excluding steroid dienone is 1. The molecule has 0 aliphatic carbocycles. The Bertz CT molecular complexity index is 269. The number of hydrogen-bond donors (Lipinski definition) is 2. The lowest BCUT2D eigenvalue weighted by molar-refractivity contribution is -0.130. The minimum atomic E-state index is -0.650. The Morgan fingerprint density at radius 3 is 2.72 bits per heavy atom. The highest BCUT2D eigenvalue weighted by molar-refractivity contribution is 5.86. The van der Waals surface area contributed by atoms with Crippen LogP contribution in [0.15, 0.2) is 12.7 Å². The lowest BCUT2D eigenvalue weighted by Gasteiger charge is -2.15. The standard InChI is InChI=1S/C12H22N2O4/c1-3-4-5-6-10(12(13)16)14-11(15)9-18-8-7-17-2/h3,10H,1,4-9H2,2H3,(H2,13,16)(H,14,15)/t10-/m1/s1. The van der Waals surface area contributed by atoms with E-state index in [9.17, 15) is 9.59 Å². The number of ether oxygens (including phenoxy) is 2. The fourth-order valence-corrected chi connectivity index (χ4v) is 1.29. The van der Waals surface area contributed by atoms with Crippen molar-refractivity contribution < 1.29 is 19.1 Å². The van der Waals surface area contributed by atoms with Gasteiger partial charge in [0.1, 0.15) is 12.6 Å². The average molecular weight is 258 g/mol. The van der Waals surface area contributed by atoms with Gasteiger partial charge in [-0.2, -0.15) is 0 Å². The highest BCUT2D eigenvalue weighted by atomic mass is 16.5. The molecule has 6 nitrogen and oxygen atoms in total. The monoisotopic (exact) mass is 258 g/mol. The van der Waals surface area contributed by atoms with Crippen molar-refractivity contribution in [3.63, 3.8) is 0 Å². The molecule has 18 heavy (non-hydrogen) atoms. The van der Waals surface area contributed by atoms with Gasteiger partial charge in [-0.25, -0.2) is 0 Å². The topological polar surface area (TPSA) is 90.7 Å². The zero-order chi connectivity index (χ0) is 13.8. The van der Waals surface area contributed by atoms with Crippen molar-refractivity contribution in [3.8, 4) is 0 Å². The Kier molecular flexibility index (Phi) is 9.90. The number of carbonyl (C=O) groups is 2. The molecule has 0 aromatic heterocycles. The molecule has 0 bridgehead atoms. The summed E-state index contributed by atoms with van der Waals surface area (Å²) in [5, 5.41) is 2.54. The molecule has 0 saturated heterocycles. The summed E-state index contributed by atoms with van der Waals surface area (Å²) in [6.07, 6.45) is 3.80. The molecule has 0 aliphatic rings. The Hall–Kier alpha value is -1.40. The number of methoxy groups -OCH3 is 1. The molecule has 0 rings (SSSR count). The SMILES string of the molecule is C=CCCC[C@@H](NC(=O)COCCOC)C(N)=O. The van der Waals surface area contributed by atoms with Gasteiger partial charge in [0.25, 0.3) is 0 Å². The van der Waals surface area contributed by atoms with Crippen LogP contribution >= 0.6 is 0 Å². The van der Waals surface area contributed by atoms with E-state index < -0.39 is 11.9 Å². The molecule has 0 aliphatic heterocycles. The van der Waals surface area contributed by atoms with Gasteiger partial charge in [-0.1, -0.05) is 6.08 Å². The molecule has 0 spiro atoms. The number of carbonyl (C=O) groups excluding carboxylic acids is 2. The predicted octanol–water partition coefficient (Wildman–Crippen LogP) is -0.0242. The smallest absolute Gasteiger partial charge is 0.246 e. The molecule has 0 unspecified atom stereocenters. The maximum absolute atomic E-state index is 11.4. The van der Waals surface area contributed by atoms with Crippen LogP contribution in [0, 0.1) is 0 Å². The van der Waals surface area contributed by atoms with E-state index in [0.717, 1.165) is 12.8 Å². The third kappa shape index (κ3) is 8.72. The third-order valence-corrected chi connectivity index (χ3v) is 2.24. The molecule has 0 radical (unpaired) electrons. The summed E-state index contributed by atoms with van der Waals surface area (Å²) in [5.74, 6) is -0.891. The Balaban J connectivity index is 3.88. The van der Waals surface area contributed by atoms with Crippen LogP contribution in [-0.4, -0.2) is 44.8 Å². The van der Waals surface area contributed by atoms with Crippen LogP contribution in [0.5, 0.6) is 0 Å². The molecular weight excluding hydrogens is 236 g/mol. The van der Waals surface area contributed by atoms with Gasteiger partial charge in [0.05, 0.1) is 13.2 Å². The average Bonchev–Trinajstić information content (AvgIpc) is 2.33. The number of nitrogens with one attached hydrogen (secondary N) is 1. The third-order valence-electron chi connectivity index (χ3n) is 2.24. The van der Waals surface area contributed by atoms with Crippen molar-refractivity contribution in [3.05, 3.63) is 12.7 Å². The van der Waals surface area contributed by atoms with E-state index in [2.05, 4.69) is 11.9 Å². The normalized spacial score (nSPS) is 11.8. The second kappa shape index (κ2) is 10.7. The van der Waals surface area contributed by atoms with Crippen molar-refractivity contribution in [1.29, 1.82) is 0 Å². The van der Waals surface area contributed by atoms with Gasteiger partial charge >= 0.3 is 0 Å². The molecule has 3 N–H and O–H groups in total. The Morgan fingerprint density at radius 1 is 1.44 bits per heavy atom. The van der Waals surface area contributed by atoms with Crippen LogP contribution in [0.4, 0.5) is 0 Å². The highest BCUT2D eigenvalue weighted by Crippen LogP contribution is 2.01. The first-order valence-corrected chi connectivity index (χ1v) is 5.88. The molecule has 0 saturated carbocycles. The van der Waals surface area contributed by atoms with Gasteiger partial charge in [-0.3, -0.25) is 9.59 Å². The van der Waals surface area contributed by atoms with Crippen molar-refractivity contribution in [1.82, 2.24) is 5.32 Å². The summed E-state index contributed by atoms with van der Waals surface area (Å²) >= 11 is 0. The maximum atomic E-state index is 11.4. The maximum Gasteiger partial charge on any atom is 0.246 e. The van der Waals surface area contributed by atoms with Gasteiger partial charge in [-0.05, 0) is 19.3 Å². The van der Waals surface area contributed by atoms with Crippen molar-refractivity contribution in [2.45, 2.75) is 25.3 Å². The van der Waals surface area contributed by atoms with E-state index >= 15 is 0 Å². The van der Waals surface area contributed by atoms with Gasteiger partial charge in [0, 0.05) is 7.11 Å². The molecule has 6 heteroatoms. The van der Waals surface area contributed by atoms with Gasteiger partial charge in [0.15, 0.2) is 0 Å². The molecule has 0 fully saturated rings. The number of amides is 2. The van der Waals surface area contributed by atoms with E-state index in [0.29, 0.717) is 19.6 Å². The van der Waals surface area contributed by atoms with Crippen LogP contribution in [0.2, 0.25) is 0 Å². The highest BCUT2D eigenvalue weighted by Gasteiger charge is 2.17. The minimum Gasteiger partial charge on any atom is -0.382 e. The summed E-state index contributed by atoms with van der Waals surface area (Å²) in [4.78, 5) is 22.6. The fourth-order valence-electron chi connectivity index (χ4n) is 1.29. The molecule has 1 atom stereocenters. The molecule has 104 valence electrons. The summed E-state index contributed by atoms with van der Waals surface area (Å²) in [6.45, 7) is 4.24. The van der Waals surface area contributed by atoms with Crippen molar-refractivity contribution in [2.24, 2.45) is 5.73 Å². The Labute approximate surface area is 108 Å². The summed E-state index contributed by atoms with van der Waals surface area (Å²) < 4.78 is 9.80. The van der Waals surface area contributed by atoms with Crippen molar-refractivity contribution in [2.75, 3.05) is 26.9 Å². The van der Waals surface area contributed by atoms with Crippen molar-refractivity contribution >= 4 is 11.8 Å². The second-order valence-electron chi connectivity index (χ2n) is 3.79. The van der Waals surface area contributed by atoms with Crippen LogP contribution in [0.1, 0.15) is 19.3 Å². The fraction of sp³-hybridized carbons (Fsp3) is 0.667. The summed E-state index contributed by atoms with van der Waals surface area (Å²) in [6, 6.07) is -0.650. The number of nitrogens with two attached hydrogens (primary N) is 1. The number of rotatable bonds is 11. The van der Waals surface area contributed by atoms with E-state index in [-0.39, 0.29) is 12.5 Å². The van der Waals surface area contributed by atoms with Crippen LogP contribution in [-0.2, 0) is 19.1 Å². The van der Waals surface area contributed by atoms with Crippen LogP contribution in [0.25, 0.3) is 0 Å². The minimum absolute atomic E-state index is 0.103. The number of unbranched alkanes of at least 4 members (excludes halogenated alkanes) is 1. The van der Waals surface area contributed by atoms with Crippen LogP contribution < -0.4 is 11.1 Å². The summed E-state index contributed by atoms with van der Waals surface area (Å²) in [5.41, 5.74) is 5.20. The van der Waals surface area contributed by atoms with E-state index in [4.69, 9.17) is 15.2 Å². The molecule has 0 heterocycles. The van der Waals surface area contributed by atoms with E-state index in [1.807, 2.05) is 0 Å². The first-order chi connectivity index (χ1) is 8.61. The molecular formula is C12H22N2O4. The first-order valence-electron chi connectivity index (χ1n) is 5.88. The molecule has 0 aromatic rings.